The second-order valence-electron chi connectivity index (χ2n) is 11.3. The van der Waals surface area contributed by atoms with Gasteiger partial charge in [0.15, 0.2) is 26.5 Å². The van der Waals surface area contributed by atoms with Gasteiger partial charge in [-0.2, -0.15) is 4.98 Å². The van der Waals surface area contributed by atoms with Gasteiger partial charge in [0.1, 0.15) is 10.8 Å². The fourth-order valence-corrected chi connectivity index (χ4v) is 6.37. The Balaban J connectivity index is 1.41. The summed E-state index contributed by atoms with van der Waals surface area (Å²) in [6.45, 7) is 6.55. The van der Waals surface area contributed by atoms with Gasteiger partial charge in [-0.25, -0.2) is 13.4 Å². The largest absolute Gasteiger partial charge is 0.488 e. The number of aliphatic imine (C=N–C) groups is 1. The quantitative estimate of drug-likeness (QED) is 0.304. The Morgan fingerprint density at radius 1 is 1.21 bits per heavy atom. The van der Waals surface area contributed by atoms with Crippen molar-refractivity contribution in [3.05, 3.63) is 45.2 Å². The molecule has 1 spiro atoms. The lowest BCUT2D eigenvalue weighted by molar-refractivity contribution is -0.178. The summed E-state index contributed by atoms with van der Waals surface area (Å²) in [6.07, 6.45) is 8.71. The lowest BCUT2D eigenvalue weighted by atomic mass is 9.79. The zero-order valence-electron chi connectivity index (χ0n) is 24.4. The van der Waals surface area contributed by atoms with E-state index in [0.717, 1.165) is 55.5 Å². The van der Waals surface area contributed by atoms with Gasteiger partial charge in [0, 0.05) is 26.1 Å². The van der Waals surface area contributed by atoms with Crippen LogP contribution in [0.4, 0.5) is 17.5 Å². The molecule has 1 aromatic heterocycles. The second kappa shape index (κ2) is 12.4. The molecule has 5 rings (SSSR count). The highest BCUT2D eigenvalue weighted by atomic mass is 35.5. The lowest BCUT2D eigenvalue weighted by Crippen LogP contribution is -2.34. The number of nitrogens with one attached hydrogen (secondary N) is 2. The average molecular weight is 619 g/mol. The van der Waals surface area contributed by atoms with Gasteiger partial charge in [-0.15, -0.1) is 0 Å². The minimum Gasteiger partial charge on any atom is -0.488 e. The summed E-state index contributed by atoms with van der Waals surface area (Å²) in [4.78, 5) is 12.8. The summed E-state index contributed by atoms with van der Waals surface area (Å²) < 4.78 is 43.6. The maximum atomic E-state index is 12.7. The van der Waals surface area contributed by atoms with Crippen molar-refractivity contribution in [2.24, 2.45) is 10.7 Å². The molecule has 1 aromatic carbocycles. The van der Waals surface area contributed by atoms with Crippen LogP contribution < -0.4 is 21.1 Å². The third-order valence-electron chi connectivity index (χ3n) is 7.88. The van der Waals surface area contributed by atoms with Crippen LogP contribution in [0.3, 0.4) is 0 Å². The number of halogens is 1. The van der Waals surface area contributed by atoms with Crippen molar-refractivity contribution >= 4 is 45.1 Å². The number of aromatic nitrogens is 2. The summed E-state index contributed by atoms with van der Waals surface area (Å²) >= 11 is 6.40. The van der Waals surface area contributed by atoms with Crippen molar-refractivity contribution in [2.75, 3.05) is 30.9 Å². The van der Waals surface area contributed by atoms with Gasteiger partial charge in [-0.05, 0) is 75.6 Å². The van der Waals surface area contributed by atoms with Crippen molar-refractivity contribution in [1.82, 2.24) is 9.97 Å². The Morgan fingerprint density at radius 2 is 1.90 bits per heavy atom. The molecule has 0 unspecified atom stereocenters. The van der Waals surface area contributed by atoms with Crippen molar-refractivity contribution < 1.29 is 22.6 Å². The van der Waals surface area contributed by atoms with E-state index in [1.54, 1.807) is 13.8 Å². The first-order valence-electron chi connectivity index (χ1n) is 14.3. The van der Waals surface area contributed by atoms with E-state index in [2.05, 4.69) is 44.7 Å². The highest BCUT2D eigenvalue weighted by molar-refractivity contribution is 7.95. The Hall–Kier alpha value is -2.93. The van der Waals surface area contributed by atoms with E-state index in [4.69, 9.17) is 31.5 Å². The smallest absolute Gasteiger partial charge is 0.229 e. The van der Waals surface area contributed by atoms with Gasteiger partial charge in [-0.1, -0.05) is 11.6 Å². The zero-order chi connectivity index (χ0) is 30.1. The standard InChI is InChI=1S/C29H39ClN6O5S/c1-17(2)42(37,38)26(31)24(16-32-4)34-27-22(30)15-33-28(36-27)35-23-13-18(3)21(14-25(23)41-20-5-6-20)19-7-9-29(10-8-19)39-11-12-40-29/h13-17,19-20H,5-12,31H2,1-4H3,(H2,33,34,35,36). The van der Waals surface area contributed by atoms with Crippen LogP contribution in [0.15, 0.2) is 34.0 Å². The fourth-order valence-electron chi connectivity index (χ4n) is 5.32. The number of hydrogen-bond donors (Lipinski definition) is 3. The fraction of sp³-hybridized carbons (Fsp3) is 0.552. The number of nitrogens with zero attached hydrogens (tertiary/aromatic N) is 3. The third-order valence-corrected chi connectivity index (χ3v) is 10.2. The molecule has 2 heterocycles. The van der Waals surface area contributed by atoms with Crippen LogP contribution >= 0.6 is 11.6 Å². The SMILES string of the molecule is CN=CC(Nc1nc(Nc2cc(C)c(C3CCC4(CC3)OCCO4)cc2OC2CC2)ncc1Cl)=C(N)S(=O)(=O)C(C)C. The molecule has 0 atom stereocenters. The van der Waals surface area contributed by atoms with E-state index < -0.39 is 20.9 Å². The summed E-state index contributed by atoms with van der Waals surface area (Å²) in [7, 11) is -2.24. The Morgan fingerprint density at radius 3 is 2.52 bits per heavy atom. The molecule has 1 aliphatic heterocycles. The predicted octanol–water partition coefficient (Wildman–Crippen LogP) is 5.19. The maximum absolute atomic E-state index is 12.7. The van der Waals surface area contributed by atoms with E-state index in [1.807, 2.05) is 0 Å². The molecule has 42 heavy (non-hydrogen) atoms. The van der Waals surface area contributed by atoms with Crippen molar-refractivity contribution in [1.29, 1.82) is 0 Å². The molecule has 1 saturated heterocycles. The maximum Gasteiger partial charge on any atom is 0.229 e. The molecule has 228 valence electrons. The van der Waals surface area contributed by atoms with Crippen molar-refractivity contribution in [3.8, 4) is 5.75 Å². The molecule has 2 aliphatic carbocycles. The molecule has 0 amide bonds. The number of sulfone groups is 1. The minimum atomic E-state index is -3.76. The molecular formula is C29H39ClN6O5S. The van der Waals surface area contributed by atoms with E-state index in [9.17, 15) is 8.42 Å². The molecule has 2 saturated carbocycles. The zero-order valence-corrected chi connectivity index (χ0v) is 26.0. The highest BCUT2D eigenvalue weighted by Crippen LogP contribution is 2.45. The van der Waals surface area contributed by atoms with Gasteiger partial charge in [0.25, 0.3) is 0 Å². The normalized spacial score (nSPS) is 19.9. The lowest BCUT2D eigenvalue weighted by Gasteiger charge is -2.36. The highest BCUT2D eigenvalue weighted by Gasteiger charge is 2.41. The van der Waals surface area contributed by atoms with Crippen LogP contribution in [0.5, 0.6) is 5.75 Å². The van der Waals surface area contributed by atoms with E-state index in [1.165, 1.54) is 25.0 Å². The molecule has 13 heteroatoms. The van der Waals surface area contributed by atoms with Crippen LogP contribution in [0.2, 0.25) is 5.02 Å². The van der Waals surface area contributed by atoms with Gasteiger partial charge >= 0.3 is 0 Å². The Bertz CT molecular complexity index is 1480. The topological polar surface area (TPSA) is 150 Å². The molecular weight excluding hydrogens is 580 g/mol. The van der Waals surface area contributed by atoms with Crippen molar-refractivity contribution in [3.63, 3.8) is 0 Å². The van der Waals surface area contributed by atoms with Crippen LogP contribution in [0.25, 0.3) is 0 Å². The number of aryl methyl sites for hydroxylation is 1. The molecule has 3 aliphatic rings. The number of benzene rings is 1. The van der Waals surface area contributed by atoms with E-state index in [0.29, 0.717) is 19.1 Å². The molecule has 11 nitrogen and oxygen atoms in total. The van der Waals surface area contributed by atoms with Gasteiger partial charge in [0.2, 0.25) is 5.95 Å². The number of ether oxygens (including phenoxy) is 3. The van der Waals surface area contributed by atoms with Gasteiger partial charge < -0.3 is 30.6 Å². The molecule has 0 bridgehead atoms. The summed E-state index contributed by atoms with van der Waals surface area (Å²) in [6, 6.07) is 4.20. The van der Waals surface area contributed by atoms with Crippen LogP contribution in [0.1, 0.15) is 69.4 Å². The van der Waals surface area contributed by atoms with E-state index >= 15 is 0 Å². The number of nitrogens with two attached hydrogens (primary N) is 1. The number of allylic oxidation sites excluding steroid dienone is 1. The number of rotatable bonds is 10. The summed E-state index contributed by atoms with van der Waals surface area (Å²) in [5, 5.41) is 5.33. The first-order chi connectivity index (χ1) is 20.0. The van der Waals surface area contributed by atoms with Crippen LogP contribution in [-0.4, -0.2) is 62.0 Å². The first kappa shape index (κ1) is 30.5. The van der Waals surface area contributed by atoms with Gasteiger partial charge in [0.05, 0.1) is 42.1 Å². The van der Waals surface area contributed by atoms with Crippen molar-refractivity contribution in [2.45, 2.75) is 82.4 Å². The number of anilines is 3. The summed E-state index contributed by atoms with van der Waals surface area (Å²) in [5.41, 5.74) is 9.25. The van der Waals surface area contributed by atoms with Gasteiger partial charge in [-0.3, -0.25) is 4.99 Å². The third kappa shape index (κ3) is 6.66. The first-order valence-corrected chi connectivity index (χ1v) is 16.3. The van der Waals surface area contributed by atoms with Crippen LogP contribution in [0, 0.1) is 6.92 Å². The second-order valence-corrected chi connectivity index (χ2v) is 14.2. The number of hydrogen-bond acceptors (Lipinski definition) is 11. The molecule has 4 N–H and O–H groups in total. The van der Waals surface area contributed by atoms with E-state index in [-0.39, 0.29) is 33.6 Å². The molecule has 2 aromatic rings. The van der Waals surface area contributed by atoms with Crippen LogP contribution in [-0.2, 0) is 19.3 Å². The Labute approximate surface area is 252 Å². The minimum absolute atomic E-state index is 0.0679. The summed E-state index contributed by atoms with van der Waals surface area (Å²) in [5.74, 6) is 1.16. The molecule has 0 radical (unpaired) electrons. The predicted molar refractivity (Wildman–Crippen MR) is 164 cm³/mol. The molecule has 3 fully saturated rings. The monoisotopic (exact) mass is 618 g/mol. The average Bonchev–Trinajstić information content (AvgIpc) is 3.67. The Kier molecular flexibility index (Phi) is 8.98.